The van der Waals surface area contributed by atoms with Gasteiger partial charge in [-0.25, -0.2) is 0 Å². The Balaban J connectivity index is 2.38. The van der Waals surface area contributed by atoms with E-state index in [1.807, 2.05) is 19.1 Å². The first-order valence-electron chi connectivity index (χ1n) is 6.05. The average Bonchev–Trinajstić information content (AvgIpc) is 2.44. The van der Waals surface area contributed by atoms with Crippen molar-refractivity contribution in [2.24, 2.45) is 0 Å². The molecule has 2 rings (SSSR count). The first kappa shape index (κ1) is 13.5. The third-order valence-electron chi connectivity index (χ3n) is 2.36. The summed E-state index contributed by atoms with van der Waals surface area (Å²) >= 11 is 5.97. The lowest BCUT2D eigenvalue weighted by molar-refractivity contribution is 0.292. The number of nitrogens with one attached hydrogen (secondary N) is 1. The summed E-state index contributed by atoms with van der Waals surface area (Å²) in [6, 6.07) is 7.67. The van der Waals surface area contributed by atoms with Crippen molar-refractivity contribution in [3.8, 4) is 17.4 Å². The molecule has 0 saturated heterocycles. The van der Waals surface area contributed by atoms with E-state index in [-0.39, 0.29) is 0 Å². The smallest absolute Gasteiger partial charge is 0.321 e. The Morgan fingerprint density at radius 3 is 2.79 bits per heavy atom. The monoisotopic (exact) mass is 278 g/mol. The predicted octanol–water partition coefficient (Wildman–Crippen LogP) is 3.02. The summed E-state index contributed by atoms with van der Waals surface area (Å²) in [6.45, 7) is 2.60. The van der Waals surface area contributed by atoms with E-state index in [0.29, 0.717) is 29.4 Å². The van der Waals surface area contributed by atoms with Gasteiger partial charge in [-0.05, 0) is 18.6 Å². The topological polar surface area (TPSA) is 59.9 Å². The van der Waals surface area contributed by atoms with Crippen LogP contribution in [-0.2, 0) is 0 Å². The SMILES string of the molecule is CCCOc1nc(NC)nc(-c2cccc(Cl)c2)n1. The van der Waals surface area contributed by atoms with Gasteiger partial charge in [0.25, 0.3) is 0 Å². The van der Waals surface area contributed by atoms with Crippen LogP contribution in [0.4, 0.5) is 5.95 Å². The maximum Gasteiger partial charge on any atom is 0.321 e. The van der Waals surface area contributed by atoms with Crippen molar-refractivity contribution in [2.45, 2.75) is 13.3 Å². The largest absolute Gasteiger partial charge is 0.463 e. The molecule has 100 valence electrons. The van der Waals surface area contributed by atoms with Crippen LogP contribution in [0.3, 0.4) is 0 Å². The van der Waals surface area contributed by atoms with Crippen molar-refractivity contribution in [1.29, 1.82) is 0 Å². The zero-order valence-corrected chi connectivity index (χ0v) is 11.6. The van der Waals surface area contributed by atoms with E-state index in [9.17, 15) is 0 Å². The number of hydrogen-bond acceptors (Lipinski definition) is 5. The summed E-state index contributed by atoms with van der Waals surface area (Å²) in [5.74, 6) is 1.00. The molecule has 1 N–H and O–H groups in total. The van der Waals surface area contributed by atoms with Crippen LogP contribution in [0, 0.1) is 0 Å². The Morgan fingerprint density at radius 1 is 1.26 bits per heavy atom. The van der Waals surface area contributed by atoms with Crippen LogP contribution < -0.4 is 10.1 Å². The molecule has 0 aliphatic heterocycles. The van der Waals surface area contributed by atoms with Crippen molar-refractivity contribution in [3.63, 3.8) is 0 Å². The minimum atomic E-state index is 0.316. The Kier molecular flexibility index (Phi) is 4.52. The van der Waals surface area contributed by atoms with Crippen LogP contribution in [0.1, 0.15) is 13.3 Å². The molecule has 0 unspecified atom stereocenters. The van der Waals surface area contributed by atoms with Crippen LogP contribution in [0.5, 0.6) is 6.01 Å². The Hall–Kier alpha value is -1.88. The van der Waals surface area contributed by atoms with Gasteiger partial charge in [0.1, 0.15) is 0 Å². The summed E-state index contributed by atoms with van der Waals surface area (Å²) in [6.07, 6.45) is 0.896. The van der Waals surface area contributed by atoms with Gasteiger partial charge in [0.05, 0.1) is 6.61 Å². The summed E-state index contributed by atoms with van der Waals surface area (Å²) in [5, 5.41) is 3.53. The molecule has 1 aromatic carbocycles. The fraction of sp³-hybridized carbons (Fsp3) is 0.308. The van der Waals surface area contributed by atoms with E-state index in [1.54, 1.807) is 19.2 Å². The van der Waals surface area contributed by atoms with Gasteiger partial charge < -0.3 is 10.1 Å². The Bertz CT molecular complexity index is 562. The molecule has 0 aliphatic rings. The molecule has 1 heterocycles. The third kappa shape index (κ3) is 3.54. The Labute approximate surface area is 117 Å². The molecule has 0 atom stereocenters. The summed E-state index contributed by atoms with van der Waals surface area (Å²) < 4.78 is 5.45. The number of rotatable bonds is 5. The van der Waals surface area contributed by atoms with E-state index in [1.165, 1.54) is 0 Å². The van der Waals surface area contributed by atoms with Gasteiger partial charge in [-0.1, -0.05) is 30.7 Å². The molecule has 2 aromatic rings. The molecular weight excluding hydrogens is 264 g/mol. The van der Waals surface area contributed by atoms with E-state index >= 15 is 0 Å². The zero-order chi connectivity index (χ0) is 13.7. The number of anilines is 1. The van der Waals surface area contributed by atoms with Crippen LogP contribution in [0.25, 0.3) is 11.4 Å². The first-order valence-corrected chi connectivity index (χ1v) is 6.43. The van der Waals surface area contributed by atoms with Crippen molar-refractivity contribution < 1.29 is 4.74 Å². The number of ether oxygens (including phenoxy) is 1. The van der Waals surface area contributed by atoms with Crippen LogP contribution in [-0.4, -0.2) is 28.6 Å². The highest BCUT2D eigenvalue weighted by atomic mass is 35.5. The molecule has 1 aromatic heterocycles. The minimum absolute atomic E-state index is 0.316. The molecule has 0 spiro atoms. The summed E-state index contributed by atoms with van der Waals surface area (Å²) in [7, 11) is 1.75. The van der Waals surface area contributed by atoms with Gasteiger partial charge in [-0.15, -0.1) is 0 Å². The predicted molar refractivity (Wildman–Crippen MR) is 75.6 cm³/mol. The second kappa shape index (κ2) is 6.33. The molecule has 6 heteroatoms. The third-order valence-corrected chi connectivity index (χ3v) is 2.59. The molecule has 0 aliphatic carbocycles. The van der Waals surface area contributed by atoms with Crippen LogP contribution in [0.15, 0.2) is 24.3 Å². The standard InChI is InChI=1S/C13H15ClN4O/c1-3-7-19-13-17-11(16-12(15-2)18-13)9-5-4-6-10(14)8-9/h4-6,8H,3,7H2,1-2H3,(H,15,16,17,18). The molecule has 0 fully saturated rings. The highest BCUT2D eigenvalue weighted by Crippen LogP contribution is 2.21. The number of halogens is 1. The molecule has 0 amide bonds. The van der Waals surface area contributed by atoms with Gasteiger partial charge in [0.15, 0.2) is 5.82 Å². The fourth-order valence-electron chi connectivity index (χ4n) is 1.48. The molecule has 19 heavy (non-hydrogen) atoms. The van der Waals surface area contributed by atoms with Crippen molar-refractivity contribution in [1.82, 2.24) is 15.0 Å². The molecule has 0 bridgehead atoms. The molecular formula is C13H15ClN4O. The van der Waals surface area contributed by atoms with Crippen molar-refractivity contribution >= 4 is 17.5 Å². The Morgan fingerprint density at radius 2 is 2.11 bits per heavy atom. The van der Waals surface area contributed by atoms with E-state index in [0.717, 1.165) is 12.0 Å². The maximum absolute atomic E-state index is 5.97. The summed E-state index contributed by atoms with van der Waals surface area (Å²) in [5.41, 5.74) is 0.827. The average molecular weight is 279 g/mol. The quantitative estimate of drug-likeness (QED) is 0.911. The zero-order valence-electron chi connectivity index (χ0n) is 10.9. The van der Waals surface area contributed by atoms with Gasteiger partial charge in [-0.3, -0.25) is 0 Å². The number of nitrogens with zero attached hydrogens (tertiary/aromatic N) is 3. The molecule has 0 saturated carbocycles. The highest BCUT2D eigenvalue weighted by molar-refractivity contribution is 6.30. The summed E-state index contributed by atoms with van der Waals surface area (Å²) in [4.78, 5) is 12.7. The molecule has 0 radical (unpaired) electrons. The maximum atomic E-state index is 5.97. The number of benzene rings is 1. The first-order chi connectivity index (χ1) is 9.22. The van der Waals surface area contributed by atoms with E-state index in [2.05, 4.69) is 20.3 Å². The highest BCUT2D eigenvalue weighted by Gasteiger charge is 2.09. The fourth-order valence-corrected chi connectivity index (χ4v) is 1.67. The van der Waals surface area contributed by atoms with Gasteiger partial charge in [0.2, 0.25) is 5.95 Å². The van der Waals surface area contributed by atoms with E-state index in [4.69, 9.17) is 16.3 Å². The van der Waals surface area contributed by atoms with Crippen LogP contribution in [0.2, 0.25) is 5.02 Å². The van der Waals surface area contributed by atoms with Crippen LogP contribution >= 0.6 is 11.6 Å². The minimum Gasteiger partial charge on any atom is -0.463 e. The number of hydrogen-bond donors (Lipinski definition) is 1. The van der Waals surface area contributed by atoms with Gasteiger partial charge in [0, 0.05) is 17.6 Å². The molecule has 5 nitrogen and oxygen atoms in total. The van der Waals surface area contributed by atoms with Crippen molar-refractivity contribution in [2.75, 3.05) is 19.0 Å². The lowest BCUT2D eigenvalue weighted by Crippen LogP contribution is -2.06. The second-order valence-corrected chi connectivity index (χ2v) is 4.31. The normalized spacial score (nSPS) is 10.3. The van der Waals surface area contributed by atoms with Gasteiger partial charge in [-0.2, -0.15) is 15.0 Å². The number of aromatic nitrogens is 3. The lowest BCUT2D eigenvalue weighted by Gasteiger charge is -2.07. The second-order valence-electron chi connectivity index (χ2n) is 3.87. The van der Waals surface area contributed by atoms with E-state index < -0.39 is 0 Å². The van der Waals surface area contributed by atoms with Crippen molar-refractivity contribution in [3.05, 3.63) is 29.3 Å². The lowest BCUT2D eigenvalue weighted by atomic mass is 10.2. The van der Waals surface area contributed by atoms with Gasteiger partial charge >= 0.3 is 6.01 Å².